The summed E-state index contributed by atoms with van der Waals surface area (Å²) in [6, 6.07) is 5.11. The van der Waals surface area contributed by atoms with Crippen LogP contribution in [0.1, 0.15) is 46.4 Å². The number of aromatic carboxylic acids is 1. The Hall–Kier alpha value is -2.96. The van der Waals surface area contributed by atoms with E-state index < -0.39 is 17.7 Å². The van der Waals surface area contributed by atoms with Crippen LogP contribution in [-0.4, -0.2) is 28.1 Å². The Morgan fingerprint density at radius 1 is 1.16 bits per heavy atom. The SMILES string of the molecule is O=C(O)c1cncc(C(=O)Nc2ccc(F)cc2OC2CCCC2)c1. The zero-order valence-electron chi connectivity index (χ0n) is 13.4. The van der Waals surface area contributed by atoms with Gasteiger partial charge in [0.1, 0.15) is 11.6 Å². The molecule has 1 aromatic heterocycles. The molecule has 1 amide bonds. The first-order valence-electron chi connectivity index (χ1n) is 7.99. The molecule has 0 saturated heterocycles. The summed E-state index contributed by atoms with van der Waals surface area (Å²) in [6.07, 6.45) is 6.36. The number of anilines is 1. The summed E-state index contributed by atoms with van der Waals surface area (Å²) >= 11 is 0. The van der Waals surface area contributed by atoms with Gasteiger partial charge in [-0.25, -0.2) is 9.18 Å². The number of rotatable bonds is 5. The molecule has 1 fully saturated rings. The summed E-state index contributed by atoms with van der Waals surface area (Å²) < 4.78 is 19.4. The van der Waals surface area contributed by atoms with Crippen molar-refractivity contribution < 1.29 is 23.8 Å². The molecular formula is C18H17FN2O4. The lowest BCUT2D eigenvalue weighted by atomic mass is 10.2. The monoisotopic (exact) mass is 344 g/mol. The van der Waals surface area contributed by atoms with Crippen molar-refractivity contribution in [1.29, 1.82) is 0 Å². The van der Waals surface area contributed by atoms with Crippen molar-refractivity contribution >= 4 is 17.6 Å². The van der Waals surface area contributed by atoms with Gasteiger partial charge >= 0.3 is 5.97 Å². The molecule has 0 spiro atoms. The van der Waals surface area contributed by atoms with E-state index in [4.69, 9.17) is 9.84 Å². The van der Waals surface area contributed by atoms with E-state index in [9.17, 15) is 14.0 Å². The first kappa shape index (κ1) is 16.9. The molecule has 0 unspecified atom stereocenters. The van der Waals surface area contributed by atoms with Crippen LogP contribution in [0.25, 0.3) is 0 Å². The van der Waals surface area contributed by atoms with Gasteiger partial charge in [0.15, 0.2) is 0 Å². The summed E-state index contributed by atoms with van der Waals surface area (Å²) in [5, 5.41) is 11.6. The summed E-state index contributed by atoms with van der Waals surface area (Å²) in [7, 11) is 0. The van der Waals surface area contributed by atoms with Gasteiger partial charge in [0.25, 0.3) is 5.91 Å². The molecule has 2 N–H and O–H groups in total. The average Bonchev–Trinajstić information content (AvgIpc) is 3.10. The minimum absolute atomic E-state index is 0.00876. The van der Waals surface area contributed by atoms with E-state index in [1.807, 2.05) is 0 Å². The Morgan fingerprint density at radius 2 is 1.88 bits per heavy atom. The molecule has 1 saturated carbocycles. The van der Waals surface area contributed by atoms with Crippen LogP contribution in [0.3, 0.4) is 0 Å². The molecule has 1 aromatic carbocycles. The molecule has 0 radical (unpaired) electrons. The number of benzene rings is 1. The molecule has 7 heteroatoms. The number of halogens is 1. The first-order chi connectivity index (χ1) is 12.0. The van der Waals surface area contributed by atoms with Crippen LogP contribution in [0.5, 0.6) is 5.75 Å². The van der Waals surface area contributed by atoms with Gasteiger partial charge in [-0.2, -0.15) is 0 Å². The smallest absolute Gasteiger partial charge is 0.337 e. The van der Waals surface area contributed by atoms with Crippen molar-refractivity contribution in [2.45, 2.75) is 31.8 Å². The molecule has 25 heavy (non-hydrogen) atoms. The zero-order chi connectivity index (χ0) is 17.8. The maximum Gasteiger partial charge on any atom is 0.337 e. The molecular weight excluding hydrogens is 327 g/mol. The molecule has 0 bridgehead atoms. The van der Waals surface area contributed by atoms with Crippen molar-refractivity contribution in [3.05, 3.63) is 53.6 Å². The van der Waals surface area contributed by atoms with Crippen LogP contribution >= 0.6 is 0 Å². The molecule has 0 atom stereocenters. The van der Waals surface area contributed by atoms with Gasteiger partial charge in [0.2, 0.25) is 0 Å². The molecule has 130 valence electrons. The van der Waals surface area contributed by atoms with Crippen LogP contribution < -0.4 is 10.1 Å². The summed E-state index contributed by atoms with van der Waals surface area (Å²) in [4.78, 5) is 27.1. The van der Waals surface area contributed by atoms with Crippen LogP contribution in [-0.2, 0) is 0 Å². The van der Waals surface area contributed by atoms with E-state index in [1.54, 1.807) is 0 Å². The van der Waals surface area contributed by atoms with Gasteiger partial charge in [0.05, 0.1) is 22.9 Å². The summed E-state index contributed by atoms with van der Waals surface area (Å²) in [5.41, 5.74) is 0.337. The fourth-order valence-corrected chi connectivity index (χ4v) is 2.76. The number of carboxylic acid groups (broad SMARTS) is 1. The minimum atomic E-state index is -1.17. The predicted molar refractivity (Wildman–Crippen MR) is 88.4 cm³/mol. The minimum Gasteiger partial charge on any atom is -0.488 e. The second kappa shape index (κ2) is 7.29. The van der Waals surface area contributed by atoms with Gasteiger partial charge in [-0.1, -0.05) is 0 Å². The lowest BCUT2D eigenvalue weighted by molar-refractivity contribution is 0.0696. The van der Waals surface area contributed by atoms with Gasteiger partial charge in [-0.3, -0.25) is 9.78 Å². The number of carbonyl (C=O) groups is 2. The Kier molecular flexibility index (Phi) is 4.92. The van der Waals surface area contributed by atoms with E-state index in [0.29, 0.717) is 5.69 Å². The molecule has 1 heterocycles. The largest absolute Gasteiger partial charge is 0.488 e. The Morgan fingerprint density at radius 3 is 2.60 bits per heavy atom. The lowest BCUT2D eigenvalue weighted by Gasteiger charge is -2.17. The van der Waals surface area contributed by atoms with Gasteiger partial charge in [-0.05, 0) is 43.9 Å². The Labute approximate surface area is 143 Å². The van der Waals surface area contributed by atoms with E-state index in [2.05, 4.69) is 10.3 Å². The van der Waals surface area contributed by atoms with Crippen molar-refractivity contribution in [2.75, 3.05) is 5.32 Å². The highest BCUT2D eigenvalue weighted by atomic mass is 19.1. The highest BCUT2D eigenvalue weighted by molar-refractivity contribution is 6.05. The fraction of sp³-hybridized carbons (Fsp3) is 0.278. The number of carboxylic acids is 1. The normalized spacial score (nSPS) is 14.3. The predicted octanol–water partition coefficient (Wildman–Crippen LogP) is 3.49. The van der Waals surface area contributed by atoms with E-state index >= 15 is 0 Å². The van der Waals surface area contributed by atoms with Crippen LogP contribution in [0.4, 0.5) is 10.1 Å². The maximum atomic E-state index is 13.6. The quantitative estimate of drug-likeness (QED) is 0.867. The van der Waals surface area contributed by atoms with Gasteiger partial charge < -0.3 is 15.2 Å². The maximum absolute atomic E-state index is 13.6. The van der Waals surface area contributed by atoms with Crippen LogP contribution in [0, 0.1) is 5.82 Å². The number of ether oxygens (including phenoxy) is 1. The van der Waals surface area contributed by atoms with Crippen LogP contribution in [0.15, 0.2) is 36.7 Å². The Balaban J connectivity index is 1.80. The first-order valence-corrected chi connectivity index (χ1v) is 7.99. The van der Waals surface area contributed by atoms with E-state index in [0.717, 1.165) is 31.9 Å². The zero-order valence-corrected chi connectivity index (χ0v) is 13.4. The summed E-state index contributed by atoms with van der Waals surface area (Å²) in [6.45, 7) is 0. The van der Waals surface area contributed by atoms with Crippen molar-refractivity contribution in [3.63, 3.8) is 0 Å². The number of carbonyl (C=O) groups excluding carboxylic acids is 1. The van der Waals surface area contributed by atoms with Gasteiger partial charge in [0, 0.05) is 18.5 Å². The van der Waals surface area contributed by atoms with Crippen molar-refractivity contribution in [2.24, 2.45) is 0 Å². The fourth-order valence-electron chi connectivity index (χ4n) is 2.76. The van der Waals surface area contributed by atoms with Gasteiger partial charge in [-0.15, -0.1) is 0 Å². The molecule has 6 nitrogen and oxygen atoms in total. The molecule has 3 rings (SSSR count). The third-order valence-corrected chi connectivity index (χ3v) is 4.04. The number of pyridine rings is 1. The van der Waals surface area contributed by atoms with E-state index in [-0.39, 0.29) is 23.0 Å². The number of aromatic nitrogens is 1. The third kappa shape index (κ3) is 4.12. The lowest BCUT2D eigenvalue weighted by Crippen LogP contribution is -2.16. The number of nitrogens with one attached hydrogen (secondary N) is 1. The average molecular weight is 344 g/mol. The second-order valence-electron chi connectivity index (χ2n) is 5.89. The van der Waals surface area contributed by atoms with Crippen molar-refractivity contribution in [3.8, 4) is 5.75 Å². The highest BCUT2D eigenvalue weighted by Crippen LogP contribution is 2.31. The second-order valence-corrected chi connectivity index (χ2v) is 5.89. The Bertz CT molecular complexity index is 803. The molecule has 1 aliphatic carbocycles. The summed E-state index contributed by atoms with van der Waals surface area (Å²) in [5.74, 6) is -1.91. The number of hydrogen-bond acceptors (Lipinski definition) is 4. The van der Waals surface area contributed by atoms with Crippen LogP contribution in [0.2, 0.25) is 0 Å². The molecule has 1 aliphatic rings. The highest BCUT2D eigenvalue weighted by Gasteiger charge is 2.19. The number of amides is 1. The standard InChI is InChI=1S/C18H17FN2O4/c19-13-5-6-15(16(8-13)25-14-3-1-2-4-14)21-17(22)11-7-12(18(23)24)10-20-9-11/h5-10,14H,1-4H2,(H,21,22)(H,23,24). The molecule has 0 aliphatic heterocycles. The topological polar surface area (TPSA) is 88.5 Å². The molecule has 2 aromatic rings. The third-order valence-electron chi connectivity index (χ3n) is 4.04. The number of nitrogens with zero attached hydrogens (tertiary/aromatic N) is 1. The van der Waals surface area contributed by atoms with E-state index in [1.165, 1.54) is 30.5 Å². The van der Waals surface area contributed by atoms with Crippen molar-refractivity contribution in [1.82, 2.24) is 4.98 Å². The number of hydrogen-bond donors (Lipinski definition) is 2.